The van der Waals surface area contributed by atoms with Crippen LogP contribution in [-0.2, 0) is 16.8 Å². The van der Waals surface area contributed by atoms with E-state index in [1.54, 1.807) is 18.2 Å². The van der Waals surface area contributed by atoms with Crippen LogP contribution in [0.25, 0.3) is 55.8 Å². The van der Waals surface area contributed by atoms with E-state index in [9.17, 15) is 17.6 Å². The number of sulfonamides is 1. The van der Waals surface area contributed by atoms with Gasteiger partial charge in [0.05, 0.1) is 38.9 Å². The minimum absolute atomic E-state index is 0.172. The predicted molar refractivity (Wildman–Crippen MR) is 168 cm³/mol. The van der Waals surface area contributed by atoms with E-state index in [0.29, 0.717) is 44.4 Å². The summed E-state index contributed by atoms with van der Waals surface area (Å²) in [5.74, 6) is -0.307. The number of benzene rings is 3. The molecule has 6 aromatic rings. The molecule has 0 bridgehead atoms. The maximum Gasteiger partial charge on any atom is 0.255 e. The Morgan fingerprint density at radius 2 is 1.84 bits per heavy atom. The van der Waals surface area contributed by atoms with Gasteiger partial charge in [-0.3, -0.25) is 9.52 Å². The van der Waals surface area contributed by atoms with Gasteiger partial charge >= 0.3 is 0 Å². The summed E-state index contributed by atoms with van der Waals surface area (Å²) in [5.41, 5.74) is 4.03. The number of ether oxygens (including phenoxy) is 1. The van der Waals surface area contributed by atoms with E-state index in [4.69, 9.17) is 25.7 Å². The van der Waals surface area contributed by atoms with Crippen molar-refractivity contribution in [1.82, 2.24) is 14.9 Å². The Kier molecular flexibility index (Phi) is 6.60. The van der Waals surface area contributed by atoms with Crippen molar-refractivity contribution in [3.05, 3.63) is 89.2 Å². The molecule has 0 fully saturated rings. The van der Waals surface area contributed by atoms with Crippen LogP contribution in [0.1, 0.15) is 17.3 Å². The lowest BCUT2D eigenvalue weighted by Crippen LogP contribution is -2.18. The van der Waals surface area contributed by atoms with Gasteiger partial charge in [0, 0.05) is 35.0 Å². The topological polar surface area (TPSA) is 115 Å². The maximum absolute atomic E-state index is 13.7. The van der Waals surface area contributed by atoms with Gasteiger partial charge in [0.25, 0.3) is 5.91 Å². The van der Waals surface area contributed by atoms with Crippen molar-refractivity contribution in [3.63, 3.8) is 0 Å². The molecule has 4 heterocycles. The predicted octanol–water partition coefficient (Wildman–Crippen LogP) is 7.05. The molecule has 0 spiro atoms. The van der Waals surface area contributed by atoms with E-state index in [1.807, 2.05) is 28.8 Å². The lowest BCUT2D eigenvalue weighted by molar-refractivity contribution is 0.0964. The second-order valence-electron chi connectivity index (χ2n) is 10.2. The Hall–Kier alpha value is -4.87. The van der Waals surface area contributed by atoms with Crippen LogP contribution in [0.2, 0.25) is 5.02 Å². The van der Waals surface area contributed by atoms with E-state index in [-0.39, 0.29) is 35.1 Å². The number of hydrogen-bond donors (Lipinski definition) is 2. The lowest BCUT2D eigenvalue weighted by Gasteiger charge is -2.21. The van der Waals surface area contributed by atoms with Crippen molar-refractivity contribution in [1.29, 1.82) is 0 Å². The van der Waals surface area contributed by atoms with E-state index in [0.717, 1.165) is 10.9 Å². The smallest absolute Gasteiger partial charge is 0.255 e. The van der Waals surface area contributed by atoms with Gasteiger partial charge < -0.3 is 19.0 Å². The van der Waals surface area contributed by atoms with Crippen LogP contribution in [0.4, 0.5) is 10.1 Å². The standard InChI is InChI=1S/C32H24ClFN4O5S/c1-3-44(40,41)37-23-15-26-21(27(32(39)35-2)31(43-26)17-8-10-18(34)11-9-17)14-20(23)22-12-13-25-29(36-22)30-28(33)19-6-4-5-7-24(19)38(30)16-42-25/h4-15,37H,3,16H2,1-2H3,(H,35,39). The summed E-state index contributed by atoms with van der Waals surface area (Å²) in [6.45, 7) is 1.78. The van der Waals surface area contributed by atoms with E-state index in [1.165, 1.54) is 44.3 Å². The van der Waals surface area contributed by atoms with Gasteiger partial charge in [-0.25, -0.2) is 17.8 Å². The third kappa shape index (κ3) is 4.47. The van der Waals surface area contributed by atoms with Crippen molar-refractivity contribution in [2.75, 3.05) is 17.5 Å². The number of fused-ring (bicyclic) bond motifs is 6. The number of carbonyl (C=O) groups is 1. The highest BCUT2D eigenvalue weighted by Crippen LogP contribution is 2.45. The molecule has 44 heavy (non-hydrogen) atoms. The molecule has 1 aliphatic heterocycles. The molecule has 0 saturated heterocycles. The van der Waals surface area contributed by atoms with Gasteiger partial charge in [-0.1, -0.05) is 29.8 Å². The normalized spacial score (nSPS) is 12.5. The molecule has 3 aromatic carbocycles. The molecule has 0 aliphatic carbocycles. The van der Waals surface area contributed by atoms with E-state index in [2.05, 4.69) is 10.0 Å². The highest BCUT2D eigenvalue weighted by molar-refractivity contribution is 7.92. The van der Waals surface area contributed by atoms with E-state index >= 15 is 0 Å². The van der Waals surface area contributed by atoms with Gasteiger partial charge in [-0.2, -0.15) is 0 Å². The fourth-order valence-electron chi connectivity index (χ4n) is 5.48. The molecule has 1 amide bonds. The highest BCUT2D eigenvalue weighted by Gasteiger charge is 2.28. The number of halogens is 2. The molecule has 2 N–H and O–H groups in total. The van der Waals surface area contributed by atoms with Crippen molar-refractivity contribution in [2.24, 2.45) is 0 Å². The second kappa shape index (κ2) is 10.4. The Labute approximate surface area is 256 Å². The van der Waals surface area contributed by atoms with Crippen LogP contribution in [0.15, 0.2) is 77.2 Å². The number of carbonyl (C=O) groups excluding carboxylic acids is 1. The molecule has 12 heteroatoms. The SMILES string of the molecule is CCS(=O)(=O)Nc1cc2oc(-c3ccc(F)cc3)c(C(=O)NC)c2cc1-c1ccc2c(n1)-c1c(Cl)c3ccccc3n1CO2. The summed E-state index contributed by atoms with van der Waals surface area (Å²) >= 11 is 6.87. The molecule has 1 aliphatic rings. The largest absolute Gasteiger partial charge is 0.470 e. The summed E-state index contributed by atoms with van der Waals surface area (Å²) in [4.78, 5) is 18.1. The number of nitrogens with one attached hydrogen (secondary N) is 2. The monoisotopic (exact) mass is 630 g/mol. The summed E-state index contributed by atoms with van der Waals surface area (Å²) in [7, 11) is -2.24. The van der Waals surface area contributed by atoms with Gasteiger partial charge in [-0.05, 0) is 55.5 Å². The van der Waals surface area contributed by atoms with Crippen molar-refractivity contribution in [2.45, 2.75) is 13.7 Å². The summed E-state index contributed by atoms with van der Waals surface area (Å²) in [6, 6.07) is 19.9. The number of furan rings is 1. The second-order valence-corrected chi connectivity index (χ2v) is 12.6. The number of rotatable bonds is 6. The zero-order chi connectivity index (χ0) is 30.7. The molecular weight excluding hydrogens is 607 g/mol. The first-order valence-corrected chi connectivity index (χ1v) is 15.7. The van der Waals surface area contributed by atoms with Crippen LogP contribution >= 0.6 is 11.6 Å². The fraction of sp³-hybridized carbons (Fsp3) is 0.125. The van der Waals surface area contributed by atoms with Crippen molar-refractivity contribution in [3.8, 4) is 39.7 Å². The van der Waals surface area contributed by atoms with Gasteiger partial charge in [0.1, 0.15) is 28.6 Å². The average Bonchev–Trinajstić information content (AvgIpc) is 3.55. The summed E-state index contributed by atoms with van der Waals surface area (Å²) in [5, 5.41) is 4.44. The molecule has 0 saturated carbocycles. The maximum atomic E-state index is 13.7. The van der Waals surface area contributed by atoms with Crippen LogP contribution in [0.5, 0.6) is 5.75 Å². The van der Waals surface area contributed by atoms with Crippen molar-refractivity contribution >= 4 is 55.1 Å². The first-order chi connectivity index (χ1) is 21.2. The Morgan fingerprint density at radius 3 is 2.59 bits per heavy atom. The number of pyridine rings is 1. The van der Waals surface area contributed by atoms with Gasteiger partial charge in [0.15, 0.2) is 6.73 Å². The highest BCUT2D eigenvalue weighted by atomic mass is 35.5. The van der Waals surface area contributed by atoms with Crippen LogP contribution in [0.3, 0.4) is 0 Å². The Balaban J connectivity index is 1.49. The lowest BCUT2D eigenvalue weighted by atomic mass is 10.0. The number of nitrogens with zero attached hydrogens (tertiary/aromatic N) is 2. The third-order valence-corrected chi connectivity index (χ3v) is 9.32. The van der Waals surface area contributed by atoms with Crippen LogP contribution in [-0.4, -0.2) is 36.7 Å². The number of amides is 1. The molecule has 7 rings (SSSR count). The number of anilines is 1. The minimum Gasteiger partial charge on any atom is -0.470 e. The summed E-state index contributed by atoms with van der Waals surface area (Å²) in [6.07, 6.45) is 0. The molecule has 0 unspecified atom stereocenters. The molecule has 3 aromatic heterocycles. The van der Waals surface area contributed by atoms with Crippen LogP contribution in [0, 0.1) is 5.82 Å². The zero-order valence-corrected chi connectivity index (χ0v) is 25.0. The molecule has 222 valence electrons. The van der Waals surface area contributed by atoms with Crippen molar-refractivity contribution < 1.29 is 26.8 Å². The van der Waals surface area contributed by atoms with Gasteiger partial charge in [0.2, 0.25) is 10.0 Å². The first kappa shape index (κ1) is 27.9. The Bertz CT molecular complexity index is 2240. The van der Waals surface area contributed by atoms with Crippen LogP contribution < -0.4 is 14.8 Å². The number of para-hydroxylation sites is 1. The number of hydrogen-bond acceptors (Lipinski definition) is 6. The Morgan fingerprint density at radius 1 is 1.07 bits per heavy atom. The van der Waals surface area contributed by atoms with E-state index < -0.39 is 21.7 Å². The first-order valence-electron chi connectivity index (χ1n) is 13.7. The van der Waals surface area contributed by atoms with Gasteiger partial charge in [-0.15, -0.1) is 0 Å². The molecule has 0 radical (unpaired) electrons. The average molecular weight is 631 g/mol. The minimum atomic E-state index is -3.73. The quantitative estimate of drug-likeness (QED) is 0.204. The summed E-state index contributed by atoms with van der Waals surface area (Å²) < 4.78 is 56.1. The zero-order valence-electron chi connectivity index (χ0n) is 23.4. The third-order valence-electron chi connectivity index (χ3n) is 7.65. The molecule has 0 atom stereocenters. The fourth-order valence-corrected chi connectivity index (χ4v) is 6.48. The number of aromatic nitrogens is 2. The molecule has 9 nitrogen and oxygen atoms in total. The molecular formula is C32H24ClFN4O5S.